The number of nitrogens with one attached hydrogen (secondary N) is 1. The number of rotatable bonds is 4. The molecule has 0 radical (unpaired) electrons. The summed E-state index contributed by atoms with van der Waals surface area (Å²) in [7, 11) is 0. The van der Waals surface area contributed by atoms with Gasteiger partial charge in [-0.05, 0) is 42.8 Å². The Labute approximate surface area is 121 Å². The predicted octanol–water partition coefficient (Wildman–Crippen LogP) is 3.96. The average molecular weight is 286 g/mol. The lowest BCUT2D eigenvalue weighted by atomic mass is 10.1. The van der Waals surface area contributed by atoms with E-state index in [0.717, 1.165) is 21.5 Å². The van der Waals surface area contributed by atoms with Crippen LogP contribution in [0.3, 0.4) is 0 Å². The summed E-state index contributed by atoms with van der Waals surface area (Å²) in [5, 5.41) is 2.08. The molecule has 2 aromatic carbocycles. The van der Waals surface area contributed by atoms with Gasteiger partial charge in [-0.25, -0.2) is 4.39 Å². The van der Waals surface area contributed by atoms with Crippen molar-refractivity contribution >= 4 is 22.7 Å². The molecule has 0 aliphatic carbocycles. The third-order valence-electron chi connectivity index (χ3n) is 3.15. The SMILES string of the molecule is NCCc1ccc(Sc2cc3ccccc3[nH]2)c(F)c1. The first-order chi connectivity index (χ1) is 9.76. The molecule has 0 amide bonds. The van der Waals surface area contributed by atoms with E-state index in [4.69, 9.17) is 5.73 Å². The highest BCUT2D eigenvalue weighted by molar-refractivity contribution is 7.99. The van der Waals surface area contributed by atoms with Crippen LogP contribution >= 0.6 is 11.8 Å². The van der Waals surface area contributed by atoms with E-state index in [1.165, 1.54) is 11.8 Å². The lowest BCUT2D eigenvalue weighted by Gasteiger charge is -2.04. The van der Waals surface area contributed by atoms with Crippen LogP contribution in [-0.2, 0) is 6.42 Å². The number of aromatic amines is 1. The van der Waals surface area contributed by atoms with Gasteiger partial charge in [0.1, 0.15) is 5.82 Å². The van der Waals surface area contributed by atoms with Gasteiger partial charge in [0.15, 0.2) is 0 Å². The van der Waals surface area contributed by atoms with Crippen molar-refractivity contribution in [3.05, 3.63) is 59.9 Å². The van der Waals surface area contributed by atoms with E-state index in [-0.39, 0.29) is 5.82 Å². The standard InChI is InChI=1S/C16H15FN2S/c17-13-9-11(7-8-18)5-6-15(13)20-16-10-12-3-1-2-4-14(12)19-16/h1-6,9-10,19H,7-8,18H2. The van der Waals surface area contributed by atoms with Crippen molar-refractivity contribution in [2.24, 2.45) is 5.73 Å². The summed E-state index contributed by atoms with van der Waals surface area (Å²) in [4.78, 5) is 3.91. The van der Waals surface area contributed by atoms with Gasteiger partial charge in [-0.2, -0.15) is 0 Å². The zero-order valence-electron chi connectivity index (χ0n) is 10.9. The Morgan fingerprint density at radius 1 is 1.10 bits per heavy atom. The van der Waals surface area contributed by atoms with Gasteiger partial charge in [-0.3, -0.25) is 0 Å². The molecule has 20 heavy (non-hydrogen) atoms. The third kappa shape index (κ3) is 2.71. The van der Waals surface area contributed by atoms with Crippen LogP contribution in [0, 0.1) is 5.82 Å². The minimum Gasteiger partial charge on any atom is -0.349 e. The van der Waals surface area contributed by atoms with Crippen molar-refractivity contribution in [2.45, 2.75) is 16.3 Å². The van der Waals surface area contributed by atoms with Crippen LogP contribution in [0.15, 0.2) is 58.5 Å². The first kappa shape index (κ1) is 13.2. The smallest absolute Gasteiger partial charge is 0.137 e. The van der Waals surface area contributed by atoms with Crippen molar-refractivity contribution in [2.75, 3.05) is 6.54 Å². The Hall–Kier alpha value is -1.78. The van der Waals surface area contributed by atoms with Crippen LogP contribution in [-0.4, -0.2) is 11.5 Å². The van der Waals surface area contributed by atoms with Gasteiger partial charge in [0.05, 0.1) is 5.03 Å². The molecule has 4 heteroatoms. The summed E-state index contributed by atoms with van der Waals surface area (Å²) in [6.45, 7) is 0.536. The Kier molecular flexibility index (Phi) is 3.76. The lowest BCUT2D eigenvalue weighted by Crippen LogP contribution is -2.02. The molecule has 1 heterocycles. The number of hydrogen-bond acceptors (Lipinski definition) is 2. The normalized spacial score (nSPS) is 11.1. The summed E-state index contributed by atoms with van der Waals surface area (Å²) >= 11 is 1.40. The minimum atomic E-state index is -0.195. The van der Waals surface area contributed by atoms with Crippen LogP contribution in [0.2, 0.25) is 0 Å². The van der Waals surface area contributed by atoms with E-state index < -0.39 is 0 Å². The lowest BCUT2D eigenvalue weighted by molar-refractivity contribution is 0.599. The molecular weight excluding hydrogens is 271 g/mol. The van der Waals surface area contributed by atoms with Gasteiger partial charge in [0.2, 0.25) is 0 Å². The van der Waals surface area contributed by atoms with E-state index in [2.05, 4.69) is 4.98 Å². The molecule has 0 aliphatic heterocycles. The maximum atomic E-state index is 14.0. The number of halogens is 1. The summed E-state index contributed by atoms with van der Waals surface area (Å²) in [6.07, 6.45) is 0.703. The quantitative estimate of drug-likeness (QED) is 0.762. The number of H-pyrrole nitrogens is 1. The molecule has 0 atom stereocenters. The molecule has 0 saturated heterocycles. The fraction of sp³-hybridized carbons (Fsp3) is 0.125. The summed E-state index contributed by atoms with van der Waals surface area (Å²) in [5.74, 6) is -0.195. The van der Waals surface area contributed by atoms with Crippen molar-refractivity contribution < 1.29 is 4.39 Å². The topological polar surface area (TPSA) is 41.8 Å². The molecule has 102 valence electrons. The fourth-order valence-electron chi connectivity index (χ4n) is 2.17. The monoisotopic (exact) mass is 286 g/mol. The summed E-state index contributed by atoms with van der Waals surface area (Å²) in [5.41, 5.74) is 7.48. The van der Waals surface area contributed by atoms with Gasteiger partial charge in [0.25, 0.3) is 0 Å². The van der Waals surface area contributed by atoms with Crippen LogP contribution in [0.5, 0.6) is 0 Å². The second-order valence-electron chi connectivity index (χ2n) is 4.63. The van der Waals surface area contributed by atoms with Gasteiger partial charge >= 0.3 is 0 Å². The predicted molar refractivity (Wildman–Crippen MR) is 81.6 cm³/mol. The largest absolute Gasteiger partial charge is 0.349 e. The molecule has 1 aromatic heterocycles. The highest BCUT2D eigenvalue weighted by Crippen LogP contribution is 2.31. The molecule has 3 aromatic rings. The van der Waals surface area contributed by atoms with E-state index in [1.54, 1.807) is 6.07 Å². The zero-order valence-corrected chi connectivity index (χ0v) is 11.7. The first-order valence-corrected chi connectivity index (χ1v) is 7.32. The Bertz CT molecular complexity index is 703. The van der Waals surface area contributed by atoms with Crippen LogP contribution in [0.1, 0.15) is 5.56 Å². The minimum absolute atomic E-state index is 0.195. The molecule has 0 bridgehead atoms. The Morgan fingerprint density at radius 3 is 2.70 bits per heavy atom. The highest BCUT2D eigenvalue weighted by atomic mass is 32.2. The summed E-state index contributed by atoms with van der Waals surface area (Å²) < 4.78 is 14.0. The van der Waals surface area contributed by atoms with Gasteiger partial charge in [-0.15, -0.1) is 0 Å². The van der Waals surface area contributed by atoms with E-state index in [9.17, 15) is 4.39 Å². The van der Waals surface area contributed by atoms with Crippen molar-refractivity contribution in [1.82, 2.24) is 4.98 Å². The maximum absolute atomic E-state index is 14.0. The van der Waals surface area contributed by atoms with Gasteiger partial charge < -0.3 is 10.7 Å². The molecule has 0 spiro atoms. The number of hydrogen-bond donors (Lipinski definition) is 2. The number of para-hydroxylation sites is 1. The molecule has 0 fully saturated rings. The molecular formula is C16H15FN2S. The van der Waals surface area contributed by atoms with Crippen molar-refractivity contribution in [1.29, 1.82) is 0 Å². The van der Waals surface area contributed by atoms with E-state index in [1.807, 2.05) is 42.5 Å². The third-order valence-corrected chi connectivity index (χ3v) is 4.15. The zero-order chi connectivity index (χ0) is 13.9. The van der Waals surface area contributed by atoms with Crippen molar-refractivity contribution in [3.63, 3.8) is 0 Å². The second-order valence-corrected chi connectivity index (χ2v) is 5.71. The fourth-order valence-corrected chi connectivity index (χ4v) is 3.05. The van der Waals surface area contributed by atoms with Gasteiger partial charge in [-0.1, -0.05) is 36.0 Å². The van der Waals surface area contributed by atoms with Crippen molar-refractivity contribution in [3.8, 4) is 0 Å². The number of nitrogens with two attached hydrogens (primary N) is 1. The number of fused-ring (bicyclic) bond motifs is 1. The molecule has 0 unspecified atom stereocenters. The molecule has 2 nitrogen and oxygen atoms in total. The maximum Gasteiger partial charge on any atom is 0.137 e. The second kappa shape index (κ2) is 5.69. The number of benzene rings is 2. The van der Waals surface area contributed by atoms with Crippen LogP contribution < -0.4 is 5.73 Å². The average Bonchev–Trinajstić information content (AvgIpc) is 2.84. The van der Waals surface area contributed by atoms with E-state index >= 15 is 0 Å². The van der Waals surface area contributed by atoms with E-state index in [0.29, 0.717) is 17.9 Å². The first-order valence-electron chi connectivity index (χ1n) is 6.50. The molecule has 3 N–H and O–H groups in total. The summed E-state index contributed by atoms with van der Waals surface area (Å²) in [6, 6.07) is 15.4. The number of aromatic nitrogens is 1. The molecule has 0 saturated carbocycles. The Morgan fingerprint density at radius 2 is 1.95 bits per heavy atom. The Balaban J connectivity index is 1.86. The van der Waals surface area contributed by atoms with Crippen LogP contribution in [0.25, 0.3) is 10.9 Å². The molecule has 0 aliphatic rings. The van der Waals surface area contributed by atoms with Gasteiger partial charge in [0, 0.05) is 15.8 Å². The highest BCUT2D eigenvalue weighted by Gasteiger charge is 2.07. The molecule has 3 rings (SSSR count). The van der Waals surface area contributed by atoms with Crippen LogP contribution in [0.4, 0.5) is 4.39 Å².